The maximum atomic E-state index is 9.19. The molecule has 0 saturated carbocycles. The number of aromatic nitrogens is 4. The lowest BCUT2D eigenvalue weighted by molar-refractivity contribution is 0.384. The molecule has 0 aliphatic carbocycles. The largest absolute Gasteiger partial charge is 0.508 e. The maximum Gasteiger partial charge on any atom is 0.246 e. The molecule has 0 spiro atoms. The van der Waals surface area contributed by atoms with E-state index < -0.39 is 0 Å². The lowest BCUT2D eigenvalue weighted by Crippen LogP contribution is -1.99. The number of nitrogens with one attached hydrogen (secondary N) is 1. The van der Waals surface area contributed by atoms with Gasteiger partial charge in [0, 0.05) is 18.1 Å². The van der Waals surface area contributed by atoms with Gasteiger partial charge in [-0.25, -0.2) is 9.97 Å². The number of hydrogen-bond donors (Lipinski definition) is 2. The summed E-state index contributed by atoms with van der Waals surface area (Å²) >= 11 is 0. The fraction of sp³-hybridized carbons (Fsp3) is 0.0769. The van der Waals surface area contributed by atoms with Crippen LogP contribution < -0.4 is 5.32 Å². The third kappa shape index (κ3) is 2.72. The monoisotopic (exact) mass is 269 g/mol. The summed E-state index contributed by atoms with van der Waals surface area (Å²) in [7, 11) is 0. The summed E-state index contributed by atoms with van der Waals surface area (Å²) in [5.41, 5.74) is 0.846. The van der Waals surface area contributed by atoms with Crippen LogP contribution in [-0.4, -0.2) is 25.2 Å². The van der Waals surface area contributed by atoms with Gasteiger partial charge in [-0.15, -0.1) is 0 Å². The van der Waals surface area contributed by atoms with Crippen molar-refractivity contribution in [3.05, 3.63) is 48.6 Å². The highest BCUT2D eigenvalue weighted by atomic mass is 16.5. The molecule has 2 aromatic heterocycles. The van der Waals surface area contributed by atoms with E-state index in [1.54, 1.807) is 42.7 Å². The van der Waals surface area contributed by atoms with Crippen LogP contribution in [-0.2, 0) is 6.54 Å². The molecule has 3 rings (SSSR count). The molecule has 0 bridgehead atoms. The fourth-order valence-electron chi connectivity index (χ4n) is 1.59. The Labute approximate surface area is 114 Å². The van der Waals surface area contributed by atoms with Crippen LogP contribution >= 0.6 is 0 Å². The minimum Gasteiger partial charge on any atom is -0.508 e. The van der Waals surface area contributed by atoms with Crippen LogP contribution in [0.3, 0.4) is 0 Å². The van der Waals surface area contributed by atoms with Crippen molar-refractivity contribution in [2.75, 3.05) is 5.32 Å². The smallest absolute Gasteiger partial charge is 0.246 e. The molecule has 0 atom stereocenters. The van der Waals surface area contributed by atoms with Crippen LogP contribution in [0, 0.1) is 0 Å². The van der Waals surface area contributed by atoms with Gasteiger partial charge in [-0.3, -0.25) is 0 Å². The molecule has 2 N–H and O–H groups in total. The number of anilines is 1. The first-order valence-electron chi connectivity index (χ1n) is 5.94. The first-order chi connectivity index (χ1) is 9.81. The minimum atomic E-state index is 0.219. The molecule has 3 aromatic rings. The summed E-state index contributed by atoms with van der Waals surface area (Å²) < 4.78 is 5.11. The standard InChI is InChI=1S/C13H11N5O2/c19-10-4-2-9(3-5-10)16-8-11-17-13(18-20-11)12-14-6-1-7-15-12/h1-7,16,19H,8H2. The van der Waals surface area contributed by atoms with Gasteiger partial charge in [0.25, 0.3) is 0 Å². The molecule has 0 radical (unpaired) electrons. The number of aromatic hydroxyl groups is 1. The molecule has 7 nitrogen and oxygen atoms in total. The molecule has 0 amide bonds. The summed E-state index contributed by atoms with van der Waals surface area (Å²) in [5.74, 6) is 1.43. The molecule has 0 saturated heterocycles. The van der Waals surface area contributed by atoms with Gasteiger partial charge in [0.1, 0.15) is 5.75 Å². The zero-order valence-corrected chi connectivity index (χ0v) is 10.4. The van der Waals surface area contributed by atoms with Gasteiger partial charge in [0.05, 0.1) is 6.54 Å². The van der Waals surface area contributed by atoms with Crippen molar-refractivity contribution in [2.45, 2.75) is 6.54 Å². The summed E-state index contributed by atoms with van der Waals surface area (Å²) in [4.78, 5) is 12.3. The van der Waals surface area contributed by atoms with E-state index in [0.717, 1.165) is 5.69 Å². The molecule has 1 aromatic carbocycles. The summed E-state index contributed by atoms with van der Waals surface area (Å²) in [6.07, 6.45) is 3.24. The minimum absolute atomic E-state index is 0.219. The molecule has 100 valence electrons. The molecule has 0 fully saturated rings. The van der Waals surface area contributed by atoms with E-state index in [-0.39, 0.29) is 5.75 Å². The van der Waals surface area contributed by atoms with Gasteiger partial charge in [0.15, 0.2) is 0 Å². The second-order valence-corrected chi connectivity index (χ2v) is 3.98. The lowest BCUT2D eigenvalue weighted by Gasteiger charge is -2.02. The highest BCUT2D eigenvalue weighted by Gasteiger charge is 2.10. The van der Waals surface area contributed by atoms with E-state index >= 15 is 0 Å². The average molecular weight is 269 g/mol. The van der Waals surface area contributed by atoms with Crippen LogP contribution in [0.2, 0.25) is 0 Å². The predicted molar refractivity (Wildman–Crippen MR) is 70.8 cm³/mol. The fourth-order valence-corrected chi connectivity index (χ4v) is 1.59. The number of phenolic OH excluding ortho intramolecular Hbond substituents is 1. The van der Waals surface area contributed by atoms with Gasteiger partial charge in [-0.05, 0) is 30.3 Å². The number of benzene rings is 1. The predicted octanol–water partition coefficient (Wildman–Crippen LogP) is 1.84. The zero-order valence-electron chi connectivity index (χ0n) is 10.4. The van der Waals surface area contributed by atoms with E-state index in [1.165, 1.54) is 0 Å². The lowest BCUT2D eigenvalue weighted by atomic mass is 10.3. The number of phenols is 1. The van der Waals surface area contributed by atoms with Crippen molar-refractivity contribution in [3.63, 3.8) is 0 Å². The van der Waals surface area contributed by atoms with Crippen LogP contribution in [0.5, 0.6) is 5.75 Å². The molecule has 20 heavy (non-hydrogen) atoms. The van der Waals surface area contributed by atoms with Gasteiger partial charge in [-0.1, -0.05) is 5.16 Å². The molecule has 0 aliphatic heterocycles. The van der Waals surface area contributed by atoms with Crippen LogP contribution in [0.4, 0.5) is 5.69 Å². The second kappa shape index (κ2) is 5.35. The van der Waals surface area contributed by atoms with Gasteiger partial charge in [0.2, 0.25) is 17.5 Å². The third-order valence-corrected chi connectivity index (χ3v) is 2.54. The Morgan fingerprint density at radius 1 is 1.05 bits per heavy atom. The molecule has 0 aliphatic rings. The summed E-state index contributed by atoms with van der Waals surface area (Å²) in [6, 6.07) is 8.43. The number of rotatable bonds is 4. The molecule has 0 unspecified atom stereocenters. The van der Waals surface area contributed by atoms with Crippen molar-refractivity contribution in [2.24, 2.45) is 0 Å². The van der Waals surface area contributed by atoms with Gasteiger partial charge in [-0.2, -0.15) is 4.98 Å². The molecular weight excluding hydrogens is 258 g/mol. The van der Waals surface area contributed by atoms with Gasteiger partial charge >= 0.3 is 0 Å². The Balaban J connectivity index is 1.67. The highest BCUT2D eigenvalue weighted by Crippen LogP contribution is 2.15. The Kier molecular flexibility index (Phi) is 3.24. The average Bonchev–Trinajstić information content (AvgIpc) is 2.97. The zero-order chi connectivity index (χ0) is 13.8. The molecular formula is C13H11N5O2. The first kappa shape index (κ1) is 12.1. The van der Waals surface area contributed by atoms with E-state index in [1.807, 2.05) is 0 Å². The van der Waals surface area contributed by atoms with E-state index in [4.69, 9.17) is 4.52 Å². The van der Waals surface area contributed by atoms with Crippen molar-refractivity contribution >= 4 is 5.69 Å². The Hall–Kier alpha value is -2.96. The van der Waals surface area contributed by atoms with Crippen molar-refractivity contribution < 1.29 is 9.63 Å². The number of hydrogen-bond acceptors (Lipinski definition) is 7. The first-order valence-corrected chi connectivity index (χ1v) is 5.94. The number of nitrogens with zero attached hydrogens (tertiary/aromatic N) is 4. The van der Waals surface area contributed by atoms with E-state index in [0.29, 0.717) is 24.1 Å². The van der Waals surface area contributed by atoms with Crippen LogP contribution in [0.25, 0.3) is 11.6 Å². The third-order valence-electron chi connectivity index (χ3n) is 2.54. The van der Waals surface area contributed by atoms with E-state index in [9.17, 15) is 5.11 Å². The van der Waals surface area contributed by atoms with Crippen LogP contribution in [0.1, 0.15) is 5.89 Å². The maximum absolute atomic E-state index is 9.19. The summed E-state index contributed by atoms with van der Waals surface area (Å²) in [5, 5.41) is 16.1. The Morgan fingerprint density at radius 2 is 1.80 bits per heavy atom. The van der Waals surface area contributed by atoms with Crippen molar-refractivity contribution in [1.82, 2.24) is 20.1 Å². The SMILES string of the molecule is Oc1ccc(NCc2nc(-c3ncccn3)no2)cc1. The summed E-state index contributed by atoms with van der Waals surface area (Å²) in [6.45, 7) is 0.380. The van der Waals surface area contributed by atoms with Gasteiger partial charge < -0.3 is 14.9 Å². The topological polar surface area (TPSA) is 97.0 Å². The van der Waals surface area contributed by atoms with Crippen molar-refractivity contribution in [1.29, 1.82) is 0 Å². The Bertz CT molecular complexity index is 681. The second-order valence-electron chi connectivity index (χ2n) is 3.98. The van der Waals surface area contributed by atoms with Crippen LogP contribution in [0.15, 0.2) is 47.2 Å². The molecule has 2 heterocycles. The Morgan fingerprint density at radius 3 is 2.55 bits per heavy atom. The van der Waals surface area contributed by atoms with Crippen molar-refractivity contribution in [3.8, 4) is 17.4 Å². The van der Waals surface area contributed by atoms with E-state index in [2.05, 4.69) is 25.4 Å². The highest BCUT2D eigenvalue weighted by molar-refractivity contribution is 5.46. The molecule has 7 heteroatoms. The quantitative estimate of drug-likeness (QED) is 0.697. The normalized spacial score (nSPS) is 10.4.